The average molecular weight is 289 g/mol. The summed E-state index contributed by atoms with van der Waals surface area (Å²) in [5.41, 5.74) is 7.52. The van der Waals surface area contributed by atoms with Crippen molar-refractivity contribution < 1.29 is 9.59 Å². The summed E-state index contributed by atoms with van der Waals surface area (Å²) >= 11 is 0. The number of carbonyl (C=O) groups excluding carboxylic acids is 2. The minimum atomic E-state index is -0.571. The molecule has 2 rings (SSSR count). The van der Waals surface area contributed by atoms with E-state index in [2.05, 4.69) is 10.6 Å². The second-order valence-corrected chi connectivity index (χ2v) is 5.52. The summed E-state index contributed by atoms with van der Waals surface area (Å²) in [5, 5.41) is 5.45. The van der Waals surface area contributed by atoms with Gasteiger partial charge in [0.1, 0.15) is 0 Å². The number of carbonyl (C=O) groups is 2. The van der Waals surface area contributed by atoms with Crippen LogP contribution in [0.5, 0.6) is 0 Å². The smallest absolute Gasteiger partial charge is 0.309 e. The normalized spacial score (nSPS) is 15.5. The monoisotopic (exact) mass is 289 g/mol. The van der Waals surface area contributed by atoms with Crippen LogP contribution in [0.2, 0.25) is 0 Å². The van der Waals surface area contributed by atoms with E-state index >= 15 is 0 Å². The molecule has 1 aromatic carbocycles. The summed E-state index contributed by atoms with van der Waals surface area (Å²) in [6.45, 7) is 0.800. The van der Waals surface area contributed by atoms with E-state index in [0.29, 0.717) is 13.1 Å². The second-order valence-electron chi connectivity index (χ2n) is 5.52. The predicted octanol–water partition coefficient (Wildman–Crippen LogP) is 1.21. The molecule has 1 saturated carbocycles. The fourth-order valence-corrected chi connectivity index (χ4v) is 2.63. The Morgan fingerprint density at radius 3 is 2.52 bits per heavy atom. The van der Waals surface area contributed by atoms with E-state index in [4.69, 9.17) is 5.73 Å². The van der Waals surface area contributed by atoms with Crippen LogP contribution in [0.3, 0.4) is 0 Å². The van der Waals surface area contributed by atoms with Crippen LogP contribution in [0.1, 0.15) is 43.2 Å². The van der Waals surface area contributed by atoms with Crippen molar-refractivity contribution >= 4 is 11.8 Å². The van der Waals surface area contributed by atoms with Gasteiger partial charge in [-0.25, -0.2) is 0 Å². The van der Waals surface area contributed by atoms with E-state index in [1.807, 2.05) is 24.3 Å². The molecule has 1 aliphatic rings. The molecule has 1 aliphatic carbocycles. The molecule has 0 aliphatic heterocycles. The summed E-state index contributed by atoms with van der Waals surface area (Å²) in [4.78, 5) is 23.6. The molecule has 0 saturated heterocycles. The largest absolute Gasteiger partial charge is 0.345 e. The molecule has 0 heterocycles. The van der Waals surface area contributed by atoms with Gasteiger partial charge in [-0.2, -0.15) is 0 Å². The fraction of sp³-hybridized carbons (Fsp3) is 0.500. The van der Waals surface area contributed by atoms with E-state index in [0.717, 1.165) is 36.8 Å². The van der Waals surface area contributed by atoms with Crippen molar-refractivity contribution in [3.63, 3.8) is 0 Å². The van der Waals surface area contributed by atoms with Crippen molar-refractivity contribution in [1.29, 1.82) is 0 Å². The lowest BCUT2D eigenvalue weighted by Crippen LogP contribution is -2.45. The second kappa shape index (κ2) is 7.78. The van der Waals surface area contributed by atoms with Gasteiger partial charge in [-0.15, -0.1) is 0 Å². The number of nitrogens with two attached hydrogens (primary N) is 1. The van der Waals surface area contributed by atoms with Gasteiger partial charge in [-0.05, 0) is 24.0 Å². The van der Waals surface area contributed by atoms with Crippen LogP contribution in [0, 0.1) is 0 Å². The topological polar surface area (TPSA) is 84.2 Å². The summed E-state index contributed by atoms with van der Waals surface area (Å²) in [7, 11) is 0. The van der Waals surface area contributed by atoms with Crippen LogP contribution in [-0.2, 0) is 22.7 Å². The molecule has 5 nitrogen and oxygen atoms in total. The van der Waals surface area contributed by atoms with Crippen molar-refractivity contribution in [3.05, 3.63) is 35.4 Å². The SMILES string of the molecule is NCc1cccc(CNC(=O)C(=O)NC2CCCCC2)c1. The van der Waals surface area contributed by atoms with Crippen LogP contribution < -0.4 is 16.4 Å². The maximum absolute atomic E-state index is 11.8. The maximum Gasteiger partial charge on any atom is 0.309 e. The van der Waals surface area contributed by atoms with Crippen molar-refractivity contribution in [1.82, 2.24) is 10.6 Å². The Labute approximate surface area is 125 Å². The maximum atomic E-state index is 11.8. The first kappa shape index (κ1) is 15.5. The molecule has 5 heteroatoms. The lowest BCUT2D eigenvalue weighted by molar-refractivity contribution is -0.139. The molecule has 0 radical (unpaired) electrons. The number of amides is 2. The van der Waals surface area contributed by atoms with Gasteiger partial charge in [0.2, 0.25) is 0 Å². The molecule has 21 heavy (non-hydrogen) atoms. The highest BCUT2D eigenvalue weighted by atomic mass is 16.2. The molecular weight excluding hydrogens is 266 g/mol. The first-order chi connectivity index (χ1) is 10.2. The highest BCUT2D eigenvalue weighted by Crippen LogP contribution is 2.17. The Bertz CT molecular complexity index is 496. The van der Waals surface area contributed by atoms with Gasteiger partial charge in [0.25, 0.3) is 0 Å². The highest BCUT2D eigenvalue weighted by Gasteiger charge is 2.19. The Balaban J connectivity index is 1.78. The summed E-state index contributed by atoms with van der Waals surface area (Å²) in [6.07, 6.45) is 5.40. The molecule has 0 bridgehead atoms. The molecule has 4 N–H and O–H groups in total. The molecule has 0 aromatic heterocycles. The van der Waals surface area contributed by atoms with Crippen LogP contribution in [0.15, 0.2) is 24.3 Å². The van der Waals surface area contributed by atoms with E-state index in [9.17, 15) is 9.59 Å². The van der Waals surface area contributed by atoms with Gasteiger partial charge in [0, 0.05) is 19.1 Å². The first-order valence-electron chi connectivity index (χ1n) is 7.55. The van der Waals surface area contributed by atoms with Crippen molar-refractivity contribution in [2.24, 2.45) is 5.73 Å². The quantitative estimate of drug-likeness (QED) is 0.728. The van der Waals surface area contributed by atoms with Crippen LogP contribution in [-0.4, -0.2) is 17.9 Å². The third-order valence-corrected chi connectivity index (χ3v) is 3.83. The third kappa shape index (κ3) is 4.86. The van der Waals surface area contributed by atoms with Crippen LogP contribution >= 0.6 is 0 Å². The lowest BCUT2D eigenvalue weighted by Gasteiger charge is -2.22. The predicted molar refractivity (Wildman–Crippen MR) is 81.2 cm³/mol. The van der Waals surface area contributed by atoms with Gasteiger partial charge in [-0.3, -0.25) is 9.59 Å². The van der Waals surface area contributed by atoms with Crippen LogP contribution in [0.25, 0.3) is 0 Å². The average Bonchev–Trinajstić information content (AvgIpc) is 2.53. The van der Waals surface area contributed by atoms with Crippen LogP contribution in [0.4, 0.5) is 0 Å². The van der Waals surface area contributed by atoms with Crippen molar-refractivity contribution in [2.45, 2.75) is 51.2 Å². The molecule has 0 atom stereocenters. The fourth-order valence-electron chi connectivity index (χ4n) is 2.63. The standard InChI is InChI=1S/C16H23N3O2/c17-10-12-5-4-6-13(9-12)11-18-15(20)16(21)19-14-7-2-1-3-8-14/h4-6,9,14H,1-3,7-8,10-11,17H2,(H,18,20)(H,19,21). The van der Waals surface area contributed by atoms with E-state index < -0.39 is 11.8 Å². The Hall–Kier alpha value is -1.88. The van der Waals surface area contributed by atoms with Gasteiger partial charge in [0.15, 0.2) is 0 Å². The van der Waals surface area contributed by atoms with E-state index in [1.54, 1.807) is 0 Å². The van der Waals surface area contributed by atoms with Gasteiger partial charge < -0.3 is 16.4 Å². The van der Waals surface area contributed by atoms with E-state index in [1.165, 1.54) is 6.42 Å². The number of hydrogen-bond donors (Lipinski definition) is 3. The highest BCUT2D eigenvalue weighted by molar-refractivity contribution is 6.35. The number of rotatable bonds is 4. The van der Waals surface area contributed by atoms with Crippen molar-refractivity contribution in [3.8, 4) is 0 Å². The third-order valence-electron chi connectivity index (χ3n) is 3.83. The number of hydrogen-bond acceptors (Lipinski definition) is 3. The van der Waals surface area contributed by atoms with E-state index in [-0.39, 0.29) is 6.04 Å². The zero-order valence-corrected chi connectivity index (χ0v) is 12.2. The Kier molecular flexibility index (Phi) is 5.75. The zero-order valence-electron chi connectivity index (χ0n) is 12.2. The van der Waals surface area contributed by atoms with Gasteiger partial charge in [-0.1, -0.05) is 43.5 Å². The number of benzene rings is 1. The molecular formula is C16H23N3O2. The first-order valence-corrected chi connectivity index (χ1v) is 7.55. The molecule has 0 spiro atoms. The minimum Gasteiger partial charge on any atom is -0.345 e. The number of nitrogens with one attached hydrogen (secondary N) is 2. The Morgan fingerprint density at radius 2 is 1.81 bits per heavy atom. The van der Waals surface area contributed by atoms with Crippen molar-refractivity contribution in [2.75, 3.05) is 0 Å². The summed E-state index contributed by atoms with van der Waals surface area (Å²) < 4.78 is 0. The summed E-state index contributed by atoms with van der Waals surface area (Å²) in [5.74, 6) is -1.10. The minimum absolute atomic E-state index is 0.151. The zero-order chi connectivity index (χ0) is 15.1. The van der Waals surface area contributed by atoms with Gasteiger partial charge in [0.05, 0.1) is 0 Å². The molecule has 0 unspecified atom stereocenters. The Morgan fingerprint density at radius 1 is 1.10 bits per heavy atom. The van der Waals surface area contributed by atoms with Gasteiger partial charge >= 0.3 is 11.8 Å². The molecule has 1 fully saturated rings. The lowest BCUT2D eigenvalue weighted by atomic mass is 9.95. The summed E-state index contributed by atoms with van der Waals surface area (Å²) in [6, 6.07) is 7.81. The molecule has 1 aromatic rings. The molecule has 114 valence electrons. The molecule has 2 amide bonds.